The largest absolute Gasteiger partial charge is 0.480 e. The number of rotatable bonds is 6. The smallest absolute Gasteiger partial charge is 0.325 e. The van der Waals surface area contributed by atoms with Gasteiger partial charge < -0.3 is 15.3 Å². The van der Waals surface area contributed by atoms with Crippen molar-refractivity contribution in [2.75, 3.05) is 11.9 Å². The maximum absolute atomic E-state index is 12.4. The van der Waals surface area contributed by atoms with Crippen LogP contribution < -0.4 is 5.32 Å². The minimum Gasteiger partial charge on any atom is -0.480 e. The molecule has 136 valence electrons. The minimum atomic E-state index is -1.02. The molecule has 8 nitrogen and oxygen atoms in total. The van der Waals surface area contributed by atoms with E-state index in [0.717, 1.165) is 5.56 Å². The average Bonchev–Trinajstić information content (AvgIpc) is 3.21. The molecule has 2 amide bonds. The van der Waals surface area contributed by atoms with Crippen LogP contribution in [-0.2, 0) is 20.9 Å². The molecule has 1 aromatic carbocycles. The van der Waals surface area contributed by atoms with Crippen LogP contribution in [0.3, 0.4) is 0 Å². The van der Waals surface area contributed by atoms with E-state index >= 15 is 0 Å². The van der Waals surface area contributed by atoms with Crippen molar-refractivity contribution in [3.8, 4) is 0 Å². The standard InChI is InChI=1S/C18H20N4O4/c1-12(13-5-3-2-4-6-13)22-10-14(9-16(22)23)18(26)19-15-7-8-21(20-15)11-17(24)25/h2-8,12,14H,9-11H2,1H3,(H,24,25)(H,19,20,26)/t12-,14-/m1/s1. The Morgan fingerprint density at radius 1 is 1.31 bits per heavy atom. The van der Waals surface area contributed by atoms with E-state index in [1.165, 1.54) is 16.9 Å². The summed E-state index contributed by atoms with van der Waals surface area (Å²) in [6, 6.07) is 11.1. The van der Waals surface area contributed by atoms with Crippen LogP contribution in [-0.4, -0.2) is 44.1 Å². The second kappa shape index (κ2) is 7.38. The van der Waals surface area contributed by atoms with Crippen LogP contribution in [0.2, 0.25) is 0 Å². The van der Waals surface area contributed by atoms with E-state index < -0.39 is 11.9 Å². The van der Waals surface area contributed by atoms with E-state index in [9.17, 15) is 14.4 Å². The number of aromatic nitrogens is 2. The molecule has 0 radical (unpaired) electrons. The van der Waals surface area contributed by atoms with Gasteiger partial charge in [-0.15, -0.1) is 0 Å². The summed E-state index contributed by atoms with van der Waals surface area (Å²) < 4.78 is 1.22. The molecule has 0 saturated carbocycles. The molecule has 1 saturated heterocycles. The third-order valence-electron chi connectivity index (χ3n) is 4.47. The molecule has 0 spiro atoms. The molecule has 1 aromatic heterocycles. The van der Waals surface area contributed by atoms with E-state index in [-0.39, 0.29) is 36.6 Å². The van der Waals surface area contributed by atoms with Crippen LogP contribution in [0.5, 0.6) is 0 Å². The number of likely N-dealkylation sites (tertiary alicyclic amines) is 1. The van der Waals surface area contributed by atoms with Crippen molar-refractivity contribution >= 4 is 23.6 Å². The second-order valence-corrected chi connectivity index (χ2v) is 6.32. The molecule has 0 aliphatic carbocycles. The van der Waals surface area contributed by atoms with Gasteiger partial charge in [-0.3, -0.25) is 19.1 Å². The summed E-state index contributed by atoms with van der Waals surface area (Å²) in [5.74, 6) is -1.55. The molecule has 0 bridgehead atoms. The van der Waals surface area contributed by atoms with Crippen LogP contribution in [0.15, 0.2) is 42.6 Å². The summed E-state index contributed by atoms with van der Waals surface area (Å²) in [5.41, 5.74) is 1.02. The molecular weight excluding hydrogens is 336 g/mol. The van der Waals surface area contributed by atoms with Gasteiger partial charge in [0.2, 0.25) is 11.8 Å². The van der Waals surface area contributed by atoms with Gasteiger partial charge in [-0.1, -0.05) is 30.3 Å². The normalized spacial score (nSPS) is 18.0. The molecule has 3 rings (SSSR count). The lowest BCUT2D eigenvalue weighted by Gasteiger charge is -2.25. The minimum absolute atomic E-state index is 0.0575. The van der Waals surface area contributed by atoms with Crippen LogP contribution in [0.1, 0.15) is 24.9 Å². The molecule has 1 aliphatic heterocycles. The topological polar surface area (TPSA) is 105 Å². The molecule has 2 atom stereocenters. The van der Waals surface area contributed by atoms with Gasteiger partial charge in [-0.05, 0) is 12.5 Å². The van der Waals surface area contributed by atoms with Crippen LogP contribution in [0, 0.1) is 5.92 Å². The molecule has 2 N–H and O–H groups in total. The highest BCUT2D eigenvalue weighted by molar-refractivity contribution is 5.96. The first-order valence-corrected chi connectivity index (χ1v) is 8.34. The first-order valence-electron chi connectivity index (χ1n) is 8.34. The number of carboxylic acids is 1. The first-order chi connectivity index (χ1) is 12.4. The van der Waals surface area contributed by atoms with E-state index in [0.29, 0.717) is 6.54 Å². The molecule has 2 aromatic rings. The fourth-order valence-electron chi connectivity index (χ4n) is 3.08. The number of nitrogens with one attached hydrogen (secondary N) is 1. The number of carbonyl (C=O) groups excluding carboxylic acids is 2. The Morgan fingerprint density at radius 2 is 2.04 bits per heavy atom. The van der Waals surface area contributed by atoms with E-state index in [4.69, 9.17) is 5.11 Å². The number of carbonyl (C=O) groups is 3. The number of hydrogen-bond donors (Lipinski definition) is 2. The second-order valence-electron chi connectivity index (χ2n) is 6.32. The maximum Gasteiger partial charge on any atom is 0.325 e. The van der Waals surface area contributed by atoms with Crippen LogP contribution in [0.4, 0.5) is 5.82 Å². The molecular formula is C18H20N4O4. The average molecular weight is 356 g/mol. The van der Waals surface area contributed by atoms with Crippen molar-refractivity contribution in [2.24, 2.45) is 5.92 Å². The Balaban J connectivity index is 1.62. The Hall–Kier alpha value is -3.16. The van der Waals surface area contributed by atoms with Crippen molar-refractivity contribution in [1.82, 2.24) is 14.7 Å². The number of amides is 2. The monoisotopic (exact) mass is 356 g/mol. The first kappa shape index (κ1) is 17.7. The van der Waals surface area contributed by atoms with Gasteiger partial charge in [-0.25, -0.2) is 0 Å². The molecule has 1 aliphatic rings. The lowest BCUT2D eigenvalue weighted by atomic mass is 10.1. The Morgan fingerprint density at radius 3 is 2.73 bits per heavy atom. The molecule has 0 unspecified atom stereocenters. The predicted octanol–water partition coefficient (Wildman–Crippen LogP) is 1.52. The molecule has 8 heteroatoms. The number of aliphatic carboxylic acids is 1. The summed E-state index contributed by atoms with van der Waals surface area (Å²) in [6.07, 6.45) is 1.63. The Bertz CT molecular complexity index is 818. The third-order valence-corrected chi connectivity index (χ3v) is 4.47. The molecule has 1 fully saturated rings. The van der Waals surface area contributed by atoms with Crippen molar-refractivity contribution in [3.63, 3.8) is 0 Å². The fraction of sp³-hybridized carbons (Fsp3) is 0.333. The van der Waals surface area contributed by atoms with Crippen molar-refractivity contribution in [1.29, 1.82) is 0 Å². The predicted molar refractivity (Wildman–Crippen MR) is 93.2 cm³/mol. The molecule has 26 heavy (non-hydrogen) atoms. The lowest BCUT2D eigenvalue weighted by molar-refractivity contribution is -0.138. The summed E-state index contributed by atoms with van der Waals surface area (Å²) in [5, 5.41) is 15.4. The van der Waals surface area contributed by atoms with Crippen LogP contribution >= 0.6 is 0 Å². The Labute approximate surface area is 150 Å². The van der Waals surface area contributed by atoms with Crippen molar-refractivity contribution in [3.05, 3.63) is 48.2 Å². The van der Waals surface area contributed by atoms with Gasteiger partial charge in [-0.2, -0.15) is 5.10 Å². The van der Waals surface area contributed by atoms with Crippen molar-refractivity contribution < 1.29 is 19.5 Å². The van der Waals surface area contributed by atoms with Crippen LogP contribution in [0.25, 0.3) is 0 Å². The number of carboxylic acid groups (broad SMARTS) is 1. The zero-order valence-electron chi connectivity index (χ0n) is 14.3. The highest BCUT2D eigenvalue weighted by Crippen LogP contribution is 2.28. The SMILES string of the molecule is C[C@H](c1ccccc1)N1C[C@H](C(=O)Nc2ccn(CC(=O)O)n2)CC1=O. The summed E-state index contributed by atoms with van der Waals surface area (Å²) in [7, 11) is 0. The number of hydrogen-bond acceptors (Lipinski definition) is 4. The van der Waals surface area contributed by atoms with Gasteiger partial charge in [0.05, 0.1) is 12.0 Å². The number of anilines is 1. The number of benzene rings is 1. The summed E-state index contributed by atoms with van der Waals surface area (Å²) in [4.78, 5) is 37.2. The maximum atomic E-state index is 12.4. The van der Waals surface area contributed by atoms with Gasteiger partial charge in [0, 0.05) is 25.2 Å². The van der Waals surface area contributed by atoms with E-state index in [2.05, 4.69) is 10.4 Å². The number of nitrogens with zero attached hydrogens (tertiary/aromatic N) is 3. The van der Waals surface area contributed by atoms with E-state index in [1.54, 1.807) is 4.90 Å². The van der Waals surface area contributed by atoms with Crippen molar-refractivity contribution in [2.45, 2.75) is 25.9 Å². The zero-order chi connectivity index (χ0) is 18.7. The fourth-order valence-corrected chi connectivity index (χ4v) is 3.08. The van der Waals surface area contributed by atoms with Gasteiger partial charge in [0.15, 0.2) is 5.82 Å². The highest BCUT2D eigenvalue weighted by atomic mass is 16.4. The van der Waals surface area contributed by atoms with Gasteiger partial charge >= 0.3 is 5.97 Å². The quantitative estimate of drug-likeness (QED) is 0.816. The highest BCUT2D eigenvalue weighted by Gasteiger charge is 2.37. The zero-order valence-corrected chi connectivity index (χ0v) is 14.3. The Kier molecular flexibility index (Phi) is 5.01. The van der Waals surface area contributed by atoms with E-state index in [1.807, 2.05) is 37.3 Å². The van der Waals surface area contributed by atoms with Gasteiger partial charge in [0.25, 0.3) is 0 Å². The third kappa shape index (κ3) is 3.90. The summed E-state index contributed by atoms with van der Waals surface area (Å²) >= 11 is 0. The molecule has 2 heterocycles. The lowest BCUT2D eigenvalue weighted by Crippen LogP contribution is -2.30. The summed E-state index contributed by atoms with van der Waals surface area (Å²) in [6.45, 7) is 2.01. The van der Waals surface area contributed by atoms with Gasteiger partial charge in [0.1, 0.15) is 6.54 Å².